The van der Waals surface area contributed by atoms with Gasteiger partial charge < -0.3 is 15.8 Å². The molecular formula is C16H22N2O2. The summed E-state index contributed by atoms with van der Waals surface area (Å²) in [6.07, 6.45) is 3.61. The SMILES string of the molecule is NC(CNC(=O)CC1OCCc2ccccc21)C1CC1. The van der Waals surface area contributed by atoms with Gasteiger partial charge in [-0.2, -0.15) is 0 Å². The Morgan fingerprint density at radius 1 is 1.40 bits per heavy atom. The summed E-state index contributed by atoms with van der Waals surface area (Å²) in [5.74, 6) is 0.643. The van der Waals surface area contributed by atoms with Crippen molar-refractivity contribution >= 4 is 5.91 Å². The molecule has 1 aromatic carbocycles. The molecule has 1 aromatic rings. The molecule has 0 bridgehead atoms. The normalized spacial score (nSPS) is 22.9. The molecule has 1 aliphatic carbocycles. The summed E-state index contributed by atoms with van der Waals surface area (Å²) in [7, 11) is 0. The van der Waals surface area contributed by atoms with Gasteiger partial charge in [-0.25, -0.2) is 0 Å². The minimum Gasteiger partial charge on any atom is -0.373 e. The van der Waals surface area contributed by atoms with E-state index in [-0.39, 0.29) is 18.1 Å². The van der Waals surface area contributed by atoms with Gasteiger partial charge in [0.25, 0.3) is 0 Å². The van der Waals surface area contributed by atoms with Crippen LogP contribution in [0.5, 0.6) is 0 Å². The zero-order chi connectivity index (χ0) is 13.9. The van der Waals surface area contributed by atoms with E-state index in [1.165, 1.54) is 18.4 Å². The van der Waals surface area contributed by atoms with Gasteiger partial charge in [-0.3, -0.25) is 4.79 Å². The van der Waals surface area contributed by atoms with Crippen LogP contribution in [0.4, 0.5) is 0 Å². The van der Waals surface area contributed by atoms with Gasteiger partial charge in [0.1, 0.15) is 0 Å². The van der Waals surface area contributed by atoms with Crippen LogP contribution in [-0.4, -0.2) is 25.1 Å². The smallest absolute Gasteiger partial charge is 0.223 e. The molecule has 3 N–H and O–H groups in total. The predicted molar refractivity (Wildman–Crippen MR) is 77.2 cm³/mol. The van der Waals surface area contributed by atoms with Crippen molar-refractivity contribution in [1.29, 1.82) is 0 Å². The highest BCUT2D eigenvalue weighted by Crippen LogP contribution is 2.31. The van der Waals surface area contributed by atoms with Crippen molar-refractivity contribution in [3.05, 3.63) is 35.4 Å². The fourth-order valence-corrected chi connectivity index (χ4v) is 2.81. The Bertz CT molecular complexity index is 485. The van der Waals surface area contributed by atoms with E-state index in [0.29, 0.717) is 25.5 Å². The van der Waals surface area contributed by atoms with Gasteiger partial charge in [0, 0.05) is 12.6 Å². The van der Waals surface area contributed by atoms with E-state index in [4.69, 9.17) is 10.5 Å². The number of nitrogens with two attached hydrogens (primary N) is 1. The second kappa shape index (κ2) is 5.94. The Balaban J connectivity index is 1.54. The third-order valence-corrected chi connectivity index (χ3v) is 4.23. The van der Waals surface area contributed by atoms with Gasteiger partial charge in [-0.05, 0) is 36.3 Å². The van der Waals surface area contributed by atoms with Gasteiger partial charge >= 0.3 is 0 Å². The van der Waals surface area contributed by atoms with E-state index in [1.54, 1.807) is 0 Å². The molecule has 1 heterocycles. The quantitative estimate of drug-likeness (QED) is 0.856. The second-order valence-electron chi connectivity index (χ2n) is 5.82. The Hall–Kier alpha value is -1.39. The summed E-state index contributed by atoms with van der Waals surface area (Å²) in [6, 6.07) is 8.32. The summed E-state index contributed by atoms with van der Waals surface area (Å²) in [6.45, 7) is 1.27. The summed E-state index contributed by atoms with van der Waals surface area (Å²) in [5, 5.41) is 2.94. The number of carbonyl (C=O) groups excluding carboxylic acids is 1. The van der Waals surface area contributed by atoms with Crippen LogP contribution in [0.15, 0.2) is 24.3 Å². The fraction of sp³-hybridized carbons (Fsp3) is 0.562. The summed E-state index contributed by atoms with van der Waals surface area (Å²) >= 11 is 0. The topological polar surface area (TPSA) is 64.3 Å². The molecule has 4 heteroatoms. The maximum atomic E-state index is 12.0. The third kappa shape index (κ3) is 3.19. The van der Waals surface area contributed by atoms with Crippen LogP contribution in [0, 0.1) is 5.92 Å². The molecule has 1 saturated carbocycles. The Morgan fingerprint density at radius 3 is 3.00 bits per heavy atom. The number of rotatable bonds is 5. The lowest BCUT2D eigenvalue weighted by atomic mass is 9.95. The Labute approximate surface area is 119 Å². The fourth-order valence-electron chi connectivity index (χ4n) is 2.81. The first-order valence-electron chi connectivity index (χ1n) is 7.45. The highest BCUT2D eigenvalue weighted by molar-refractivity contribution is 5.76. The van der Waals surface area contributed by atoms with Crippen molar-refractivity contribution in [1.82, 2.24) is 5.32 Å². The number of amides is 1. The second-order valence-corrected chi connectivity index (χ2v) is 5.82. The zero-order valence-corrected chi connectivity index (χ0v) is 11.7. The van der Waals surface area contributed by atoms with E-state index in [2.05, 4.69) is 17.4 Å². The minimum atomic E-state index is -0.114. The highest BCUT2D eigenvalue weighted by atomic mass is 16.5. The Morgan fingerprint density at radius 2 is 2.20 bits per heavy atom. The summed E-state index contributed by atoms with van der Waals surface area (Å²) in [4.78, 5) is 12.0. The predicted octanol–water partition coefficient (Wildman–Crippen LogP) is 1.54. The van der Waals surface area contributed by atoms with Crippen LogP contribution in [0.2, 0.25) is 0 Å². The van der Waals surface area contributed by atoms with E-state index in [0.717, 1.165) is 12.0 Å². The minimum absolute atomic E-state index is 0.0304. The number of carbonyl (C=O) groups is 1. The lowest BCUT2D eigenvalue weighted by Gasteiger charge is -2.25. The van der Waals surface area contributed by atoms with E-state index < -0.39 is 0 Å². The number of nitrogens with one attached hydrogen (secondary N) is 1. The van der Waals surface area contributed by atoms with Crippen molar-refractivity contribution in [3.63, 3.8) is 0 Å². The first-order chi connectivity index (χ1) is 9.74. The number of fused-ring (bicyclic) bond motifs is 1. The van der Waals surface area contributed by atoms with Crippen LogP contribution in [-0.2, 0) is 16.0 Å². The summed E-state index contributed by atoms with van der Waals surface area (Å²) < 4.78 is 5.75. The van der Waals surface area contributed by atoms with Crippen molar-refractivity contribution < 1.29 is 9.53 Å². The lowest BCUT2D eigenvalue weighted by molar-refractivity contribution is -0.124. The third-order valence-electron chi connectivity index (χ3n) is 4.23. The monoisotopic (exact) mass is 274 g/mol. The maximum Gasteiger partial charge on any atom is 0.223 e. The van der Waals surface area contributed by atoms with Crippen molar-refractivity contribution in [2.75, 3.05) is 13.2 Å². The van der Waals surface area contributed by atoms with Gasteiger partial charge in [-0.1, -0.05) is 24.3 Å². The van der Waals surface area contributed by atoms with Gasteiger partial charge in [0.2, 0.25) is 5.91 Å². The highest BCUT2D eigenvalue weighted by Gasteiger charge is 2.29. The molecular weight excluding hydrogens is 252 g/mol. The lowest BCUT2D eigenvalue weighted by Crippen LogP contribution is -2.39. The van der Waals surface area contributed by atoms with Gasteiger partial charge in [0.15, 0.2) is 0 Å². The van der Waals surface area contributed by atoms with Gasteiger partial charge in [-0.15, -0.1) is 0 Å². The molecule has 1 amide bonds. The van der Waals surface area contributed by atoms with E-state index in [9.17, 15) is 4.79 Å². The van der Waals surface area contributed by atoms with Gasteiger partial charge in [0.05, 0.1) is 19.1 Å². The molecule has 0 radical (unpaired) electrons. The molecule has 108 valence electrons. The van der Waals surface area contributed by atoms with Crippen molar-refractivity contribution in [2.45, 2.75) is 37.8 Å². The van der Waals surface area contributed by atoms with Crippen LogP contribution in [0.3, 0.4) is 0 Å². The first-order valence-corrected chi connectivity index (χ1v) is 7.45. The van der Waals surface area contributed by atoms with Crippen LogP contribution in [0.25, 0.3) is 0 Å². The average Bonchev–Trinajstić information content (AvgIpc) is 3.30. The number of benzene rings is 1. The van der Waals surface area contributed by atoms with E-state index in [1.807, 2.05) is 12.1 Å². The molecule has 0 saturated heterocycles. The van der Waals surface area contributed by atoms with Crippen molar-refractivity contribution in [2.24, 2.45) is 11.7 Å². The molecule has 2 atom stereocenters. The molecule has 0 aromatic heterocycles. The van der Waals surface area contributed by atoms with Crippen LogP contribution >= 0.6 is 0 Å². The maximum absolute atomic E-state index is 12.0. The van der Waals surface area contributed by atoms with E-state index >= 15 is 0 Å². The average molecular weight is 274 g/mol. The molecule has 1 fully saturated rings. The number of hydrogen-bond acceptors (Lipinski definition) is 3. The Kier molecular flexibility index (Phi) is 4.03. The molecule has 2 aliphatic rings. The molecule has 4 nitrogen and oxygen atoms in total. The molecule has 20 heavy (non-hydrogen) atoms. The molecule has 2 unspecified atom stereocenters. The largest absolute Gasteiger partial charge is 0.373 e. The van der Waals surface area contributed by atoms with Crippen LogP contribution < -0.4 is 11.1 Å². The standard InChI is InChI=1S/C16H22N2O2/c17-14(12-5-6-12)10-18-16(19)9-15-13-4-2-1-3-11(13)7-8-20-15/h1-4,12,14-15H,5-10,17H2,(H,18,19). The van der Waals surface area contributed by atoms with Crippen molar-refractivity contribution in [3.8, 4) is 0 Å². The first kappa shape index (κ1) is 13.6. The molecule has 3 rings (SSSR count). The molecule has 0 spiro atoms. The molecule has 1 aliphatic heterocycles. The zero-order valence-electron chi connectivity index (χ0n) is 11.7. The summed E-state index contributed by atoms with van der Waals surface area (Å²) in [5.41, 5.74) is 8.44. The number of hydrogen-bond donors (Lipinski definition) is 2. The van der Waals surface area contributed by atoms with Crippen LogP contribution in [0.1, 0.15) is 36.5 Å². The number of ether oxygens (including phenoxy) is 1.